The first kappa shape index (κ1) is 15.1. The third-order valence-electron chi connectivity index (χ3n) is 3.66. The van der Waals surface area contributed by atoms with Gasteiger partial charge in [0, 0.05) is 29.5 Å². The van der Waals surface area contributed by atoms with Crippen LogP contribution in [0.1, 0.15) is 21.6 Å². The highest BCUT2D eigenvalue weighted by Crippen LogP contribution is 2.21. The third-order valence-corrected chi connectivity index (χ3v) is 3.90. The van der Waals surface area contributed by atoms with Crippen LogP contribution in [-0.2, 0) is 6.54 Å². The van der Waals surface area contributed by atoms with Crippen molar-refractivity contribution < 1.29 is 4.79 Å². The van der Waals surface area contributed by atoms with Crippen LogP contribution >= 0.6 is 11.6 Å². The lowest BCUT2D eigenvalue weighted by Gasteiger charge is -2.16. The number of hydrogen-bond donors (Lipinski definition) is 1. The van der Waals surface area contributed by atoms with Gasteiger partial charge in [0.2, 0.25) is 0 Å². The summed E-state index contributed by atoms with van der Waals surface area (Å²) >= 11 is 5.97. The zero-order valence-corrected chi connectivity index (χ0v) is 13.3. The lowest BCUT2D eigenvalue weighted by atomic mass is 10.1. The second-order valence-corrected chi connectivity index (χ2v) is 5.82. The van der Waals surface area contributed by atoms with Gasteiger partial charge in [-0.05, 0) is 42.0 Å². The average molecular weight is 324 g/mol. The first-order valence-corrected chi connectivity index (χ1v) is 7.47. The van der Waals surface area contributed by atoms with Crippen molar-refractivity contribution in [3.8, 4) is 6.07 Å². The molecule has 0 saturated carbocycles. The molecule has 5 heteroatoms. The number of amides is 1. The number of aromatic nitrogens is 1. The van der Waals surface area contributed by atoms with Gasteiger partial charge in [-0.1, -0.05) is 23.7 Å². The summed E-state index contributed by atoms with van der Waals surface area (Å²) in [5, 5.41) is 10.4. The maximum absolute atomic E-state index is 12.5. The van der Waals surface area contributed by atoms with Crippen LogP contribution in [0.4, 0.5) is 0 Å². The van der Waals surface area contributed by atoms with Gasteiger partial charge >= 0.3 is 0 Å². The van der Waals surface area contributed by atoms with Gasteiger partial charge in [-0.3, -0.25) is 4.79 Å². The Labute approximate surface area is 138 Å². The predicted octanol–water partition coefficient (Wildman–Crippen LogP) is 3.97. The summed E-state index contributed by atoms with van der Waals surface area (Å²) in [4.78, 5) is 17.3. The monoisotopic (exact) mass is 323 g/mol. The van der Waals surface area contributed by atoms with Gasteiger partial charge in [0.15, 0.2) is 0 Å². The molecule has 4 nitrogen and oxygen atoms in total. The summed E-state index contributed by atoms with van der Waals surface area (Å²) < 4.78 is 0. The van der Waals surface area contributed by atoms with E-state index in [0.29, 0.717) is 22.8 Å². The van der Waals surface area contributed by atoms with E-state index in [4.69, 9.17) is 16.9 Å². The number of carbonyl (C=O) groups is 1. The van der Waals surface area contributed by atoms with Crippen molar-refractivity contribution in [2.75, 3.05) is 7.05 Å². The Morgan fingerprint density at radius 3 is 2.65 bits per heavy atom. The Bertz CT molecular complexity index is 906. The number of hydrogen-bond acceptors (Lipinski definition) is 2. The zero-order valence-electron chi connectivity index (χ0n) is 12.5. The minimum atomic E-state index is -0.0957. The smallest absolute Gasteiger partial charge is 0.270 e. The van der Waals surface area contributed by atoms with Crippen LogP contribution in [0.25, 0.3) is 10.9 Å². The van der Waals surface area contributed by atoms with Crippen LogP contribution in [0.5, 0.6) is 0 Å². The fraction of sp³-hybridized carbons (Fsp3) is 0.111. The van der Waals surface area contributed by atoms with E-state index in [1.54, 1.807) is 36.2 Å². The van der Waals surface area contributed by atoms with Crippen LogP contribution in [-0.4, -0.2) is 22.8 Å². The molecule has 114 valence electrons. The molecule has 0 unspecified atom stereocenters. The van der Waals surface area contributed by atoms with E-state index in [-0.39, 0.29) is 5.91 Å². The van der Waals surface area contributed by atoms with Crippen molar-refractivity contribution >= 4 is 28.4 Å². The second kappa shape index (κ2) is 6.15. The molecule has 0 atom stereocenters. The third kappa shape index (κ3) is 3.20. The van der Waals surface area contributed by atoms with Crippen molar-refractivity contribution in [2.24, 2.45) is 0 Å². The quantitative estimate of drug-likeness (QED) is 0.793. The lowest BCUT2D eigenvalue weighted by molar-refractivity contribution is 0.0780. The Morgan fingerprint density at radius 2 is 1.96 bits per heavy atom. The minimum Gasteiger partial charge on any atom is -0.351 e. The van der Waals surface area contributed by atoms with E-state index in [9.17, 15) is 4.79 Å². The highest BCUT2D eigenvalue weighted by Gasteiger charge is 2.15. The Balaban J connectivity index is 1.78. The molecule has 0 saturated heterocycles. The van der Waals surface area contributed by atoms with Crippen molar-refractivity contribution in [3.05, 3.63) is 70.4 Å². The highest BCUT2D eigenvalue weighted by atomic mass is 35.5. The molecular weight excluding hydrogens is 310 g/mol. The number of rotatable bonds is 3. The summed E-state index contributed by atoms with van der Waals surface area (Å²) in [5.41, 5.74) is 2.98. The van der Waals surface area contributed by atoms with Gasteiger partial charge in [-0.25, -0.2) is 0 Å². The molecule has 0 aliphatic carbocycles. The number of carbonyl (C=O) groups excluding carboxylic acids is 1. The van der Waals surface area contributed by atoms with Gasteiger partial charge in [-0.2, -0.15) is 5.26 Å². The van der Waals surface area contributed by atoms with E-state index >= 15 is 0 Å². The molecule has 1 heterocycles. The fourth-order valence-electron chi connectivity index (χ4n) is 2.45. The van der Waals surface area contributed by atoms with Crippen molar-refractivity contribution in [1.29, 1.82) is 5.26 Å². The van der Waals surface area contributed by atoms with Crippen LogP contribution < -0.4 is 0 Å². The molecule has 0 spiro atoms. The van der Waals surface area contributed by atoms with Gasteiger partial charge in [0.1, 0.15) is 5.69 Å². The van der Waals surface area contributed by atoms with Gasteiger partial charge in [0.05, 0.1) is 11.6 Å². The van der Waals surface area contributed by atoms with E-state index in [1.807, 2.05) is 24.3 Å². The standard InChI is InChI=1S/C18H14ClN3O/c1-22(11-13-4-2-12(10-20)3-5-13)18(23)17-9-14-8-15(19)6-7-16(14)21-17/h2-9,21H,11H2,1H3. The molecule has 1 amide bonds. The second-order valence-electron chi connectivity index (χ2n) is 5.38. The first-order chi connectivity index (χ1) is 11.1. The Morgan fingerprint density at radius 1 is 1.22 bits per heavy atom. The van der Waals surface area contributed by atoms with Crippen molar-refractivity contribution in [3.63, 3.8) is 0 Å². The molecular formula is C18H14ClN3O. The van der Waals surface area contributed by atoms with Crippen LogP contribution in [0, 0.1) is 11.3 Å². The molecule has 0 fully saturated rings. The first-order valence-electron chi connectivity index (χ1n) is 7.09. The number of benzene rings is 2. The Kier molecular flexibility index (Phi) is 4.05. The SMILES string of the molecule is CN(Cc1ccc(C#N)cc1)C(=O)c1cc2cc(Cl)ccc2[nH]1. The number of halogens is 1. The highest BCUT2D eigenvalue weighted by molar-refractivity contribution is 6.31. The molecule has 23 heavy (non-hydrogen) atoms. The maximum atomic E-state index is 12.5. The molecule has 2 aromatic carbocycles. The number of nitrogens with one attached hydrogen (secondary N) is 1. The van der Waals surface area contributed by atoms with Gasteiger partial charge in [-0.15, -0.1) is 0 Å². The summed E-state index contributed by atoms with van der Waals surface area (Å²) in [7, 11) is 1.75. The molecule has 3 rings (SSSR count). The van der Waals surface area contributed by atoms with E-state index in [2.05, 4.69) is 11.1 Å². The van der Waals surface area contributed by atoms with Crippen LogP contribution in [0.2, 0.25) is 5.02 Å². The molecule has 0 aliphatic heterocycles. The summed E-state index contributed by atoms with van der Waals surface area (Å²) in [6.45, 7) is 0.473. The Hall–Kier alpha value is -2.77. The summed E-state index contributed by atoms with van der Waals surface area (Å²) in [5.74, 6) is -0.0957. The maximum Gasteiger partial charge on any atom is 0.270 e. The topological polar surface area (TPSA) is 59.9 Å². The van der Waals surface area contributed by atoms with E-state index in [0.717, 1.165) is 16.5 Å². The van der Waals surface area contributed by atoms with Gasteiger partial charge < -0.3 is 9.88 Å². The van der Waals surface area contributed by atoms with Crippen molar-refractivity contribution in [2.45, 2.75) is 6.54 Å². The zero-order chi connectivity index (χ0) is 16.4. The fourth-order valence-corrected chi connectivity index (χ4v) is 2.64. The van der Waals surface area contributed by atoms with Crippen LogP contribution in [0.3, 0.4) is 0 Å². The normalized spacial score (nSPS) is 10.5. The number of H-pyrrole nitrogens is 1. The molecule has 1 aromatic heterocycles. The van der Waals surface area contributed by atoms with E-state index < -0.39 is 0 Å². The van der Waals surface area contributed by atoms with Gasteiger partial charge in [0.25, 0.3) is 5.91 Å². The number of nitrogens with zero attached hydrogens (tertiary/aromatic N) is 2. The lowest BCUT2D eigenvalue weighted by Crippen LogP contribution is -2.26. The molecule has 0 bridgehead atoms. The molecule has 0 radical (unpaired) electrons. The molecule has 1 N–H and O–H groups in total. The minimum absolute atomic E-state index is 0.0957. The number of nitriles is 1. The largest absolute Gasteiger partial charge is 0.351 e. The summed E-state index contributed by atoms with van der Waals surface area (Å²) in [6, 6.07) is 16.6. The van der Waals surface area contributed by atoms with Crippen LogP contribution in [0.15, 0.2) is 48.5 Å². The average Bonchev–Trinajstić information content (AvgIpc) is 2.97. The predicted molar refractivity (Wildman–Crippen MR) is 90.3 cm³/mol. The molecule has 0 aliphatic rings. The van der Waals surface area contributed by atoms with Crippen molar-refractivity contribution in [1.82, 2.24) is 9.88 Å². The van der Waals surface area contributed by atoms with E-state index in [1.165, 1.54) is 0 Å². The number of aromatic amines is 1. The summed E-state index contributed by atoms with van der Waals surface area (Å²) in [6.07, 6.45) is 0. The number of fused-ring (bicyclic) bond motifs is 1. The molecule has 3 aromatic rings.